The molecule has 0 aliphatic rings. The molecule has 0 bridgehead atoms. The predicted molar refractivity (Wildman–Crippen MR) is 44.4 cm³/mol. The third-order valence-corrected chi connectivity index (χ3v) is 1.57. The summed E-state index contributed by atoms with van der Waals surface area (Å²) in [6.07, 6.45) is 2.11. The van der Waals surface area contributed by atoms with Gasteiger partial charge in [-0.2, -0.15) is 0 Å². The molecular formula is C9H9NO2. The lowest BCUT2D eigenvalue weighted by Gasteiger charge is -1.99. The molecule has 0 spiro atoms. The summed E-state index contributed by atoms with van der Waals surface area (Å²) >= 11 is 0. The van der Waals surface area contributed by atoms with Gasteiger partial charge < -0.3 is 0 Å². The van der Waals surface area contributed by atoms with Crippen LogP contribution < -0.4 is 0 Å². The number of rotatable bonds is 2. The van der Waals surface area contributed by atoms with E-state index in [0.717, 1.165) is 5.56 Å². The number of aldehydes is 1. The maximum Gasteiger partial charge on any atom is 0.178 e. The fourth-order valence-corrected chi connectivity index (χ4v) is 1.03. The smallest absolute Gasteiger partial charge is 0.178 e. The van der Waals surface area contributed by atoms with E-state index >= 15 is 0 Å². The van der Waals surface area contributed by atoms with Crippen LogP contribution in [0.15, 0.2) is 12.3 Å². The van der Waals surface area contributed by atoms with Crippen LogP contribution in [0, 0.1) is 6.92 Å². The van der Waals surface area contributed by atoms with Gasteiger partial charge in [-0.3, -0.25) is 14.6 Å². The highest BCUT2D eigenvalue weighted by Crippen LogP contribution is 2.06. The first-order chi connectivity index (χ1) is 5.65. The van der Waals surface area contributed by atoms with E-state index in [1.54, 1.807) is 13.0 Å². The normalized spacial score (nSPS) is 9.50. The SMILES string of the molecule is CC(=O)c1ncc(C=O)cc1C. The summed E-state index contributed by atoms with van der Waals surface area (Å²) in [7, 11) is 0. The maximum atomic E-state index is 10.9. The molecule has 1 heterocycles. The van der Waals surface area contributed by atoms with Crippen LogP contribution >= 0.6 is 0 Å². The minimum absolute atomic E-state index is 0.0788. The van der Waals surface area contributed by atoms with Crippen LogP contribution in [0.3, 0.4) is 0 Å². The minimum Gasteiger partial charge on any atom is -0.298 e. The number of carbonyl (C=O) groups is 2. The van der Waals surface area contributed by atoms with E-state index in [-0.39, 0.29) is 5.78 Å². The molecule has 62 valence electrons. The molecule has 3 heteroatoms. The van der Waals surface area contributed by atoms with Crippen molar-refractivity contribution in [3.05, 3.63) is 29.1 Å². The molecule has 0 radical (unpaired) electrons. The van der Waals surface area contributed by atoms with Crippen molar-refractivity contribution in [1.82, 2.24) is 4.98 Å². The number of aromatic nitrogens is 1. The lowest BCUT2D eigenvalue weighted by Crippen LogP contribution is -2.00. The average Bonchev–Trinajstić information content (AvgIpc) is 2.03. The standard InChI is InChI=1S/C9H9NO2/c1-6-3-8(5-11)4-10-9(6)7(2)12/h3-5H,1-2H3. The Hall–Kier alpha value is -1.51. The van der Waals surface area contributed by atoms with Crippen molar-refractivity contribution in [2.75, 3.05) is 0 Å². The van der Waals surface area contributed by atoms with Crippen LogP contribution in [0.25, 0.3) is 0 Å². The van der Waals surface area contributed by atoms with Crippen molar-refractivity contribution in [2.24, 2.45) is 0 Å². The third kappa shape index (κ3) is 1.56. The van der Waals surface area contributed by atoms with Gasteiger partial charge >= 0.3 is 0 Å². The van der Waals surface area contributed by atoms with Gasteiger partial charge in [0.1, 0.15) is 5.69 Å². The summed E-state index contributed by atoms with van der Waals surface area (Å²) in [5, 5.41) is 0. The van der Waals surface area contributed by atoms with Crippen LogP contribution in [0.5, 0.6) is 0 Å². The molecule has 1 aromatic heterocycles. The molecule has 0 fully saturated rings. The first-order valence-corrected chi connectivity index (χ1v) is 3.58. The van der Waals surface area contributed by atoms with E-state index in [1.165, 1.54) is 13.1 Å². The topological polar surface area (TPSA) is 47.0 Å². The van der Waals surface area contributed by atoms with Gasteiger partial charge in [0.05, 0.1) is 0 Å². The second-order valence-corrected chi connectivity index (χ2v) is 2.61. The second kappa shape index (κ2) is 3.26. The Labute approximate surface area is 70.4 Å². The number of carbonyl (C=O) groups excluding carboxylic acids is 2. The first-order valence-electron chi connectivity index (χ1n) is 3.58. The van der Waals surface area contributed by atoms with Gasteiger partial charge in [0.15, 0.2) is 12.1 Å². The lowest BCUT2D eigenvalue weighted by molar-refractivity contribution is 0.101. The maximum absolute atomic E-state index is 10.9. The Morgan fingerprint density at radius 2 is 2.25 bits per heavy atom. The Morgan fingerprint density at radius 3 is 2.67 bits per heavy atom. The van der Waals surface area contributed by atoms with E-state index in [9.17, 15) is 9.59 Å². The van der Waals surface area contributed by atoms with E-state index in [0.29, 0.717) is 17.5 Å². The highest BCUT2D eigenvalue weighted by atomic mass is 16.1. The number of aryl methyl sites for hydroxylation is 1. The van der Waals surface area contributed by atoms with Crippen LogP contribution in [-0.2, 0) is 0 Å². The zero-order chi connectivity index (χ0) is 9.14. The lowest BCUT2D eigenvalue weighted by atomic mass is 10.1. The quantitative estimate of drug-likeness (QED) is 0.489. The largest absolute Gasteiger partial charge is 0.298 e. The molecule has 0 unspecified atom stereocenters. The highest BCUT2D eigenvalue weighted by molar-refractivity contribution is 5.94. The molecule has 1 rings (SSSR count). The first kappa shape index (κ1) is 8.59. The number of ketones is 1. The summed E-state index contributed by atoms with van der Waals surface area (Å²) in [6.45, 7) is 3.21. The molecule has 1 aromatic rings. The molecule has 0 aromatic carbocycles. The molecule has 0 aliphatic heterocycles. The van der Waals surface area contributed by atoms with Gasteiger partial charge in [0.2, 0.25) is 0 Å². The van der Waals surface area contributed by atoms with Crippen molar-refractivity contribution in [3.8, 4) is 0 Å². The Bertz CT molecular complexity index is 331. The minimum atomic E-state index is -0.0788. The molecule has 3 nitrogen and oxygen atoms in total. The third-order valence-electron chi connectivity index (χ3n) is 1.57. The Morgan fingerprint density at radius 1 is 1.58 bits per heavy atom. The molecule has 0 atom stereocenters. The predicted octanol–water partition coefficient (Wildman–Crippen LogP) is 1.41. The molecule has 0 N–H and O–H groups in total. The molecule has 0 aliphatic carbocycles. The van der Waals surface area contributed by atoms with E-state index in [1.807, 2.05) is 0 Å². The van der Waals surface area contributed by atoms with Crippen molar-refractivity contribution < 1.29 is 9.59 Å². The summed E-state index contributed by atoms with van der Waals surface area (Å²) in [6, 6.07) is 1.65. The molecule has 0 amide bonds. The number of Topliss-reactive ketones (excluding diaryl/α,β-unsaturated/α-hetero) is 1. The fourth-order valence-electron chi connectivity index (χ4n) is 1.03. The fraction of sp³-hybridized carbons (Fsp3) is 0.222. The zero-order valence-corrected chi connectivity index (χ0v) is 7.00. The molecule has 0 saturated carbocycles. The van der Waals surface area contributed by atoms with Gasteiger partial charge in [0, 0.05) is 18.7 Å². The Balaban J connectivity index is 3.20. The van der Waals surface area contributed by atoms with Crippen LogP contribution in [0.4, 0.5) is 0 Å². The van der Waals surface area contributed by atoms with E-state index < -0.39 is 0 Å². The summed E-state index contributed by atoms with van der Waals surface area (Å²) < 4.78 is 0. The van der Waals surface area contributed by atoms with Crippen molar-refractivity contribution >= 4 is 12.1 Å². The molecular weight excluding hydrogens is 154 g/mol. The number of hydrogen-bond donors (Lipinski definition) is 0. The monoisotopic (exact) mass is 163 g/mol. The van der Waals surface area contributed by atoms with Crippen LogP contribution in [0.2, 0.25) is 0 Å². The van der Waals surface area contributed by atoms with Crippen LogP contribution in [-0.4, -0.2) is 17.1 Å². The van der Waals surface area contributed by atoms with Crippen molar-refractivity contribution in [3.63, 3.8) is 0 Å². The summed E-state index contributed by atoms with van der Waals surface area (Å²) in [4.78, 5) is 25.1. The van der Waals surface area contributed by atoms with Gasteiger partial charge in [0.25, 0.3) is 0 Å². The van der Waals surface area contributed by atoms with E-state index in [4.69, 9.17) is 0 Å². The molecule has 0 saturated heterocycles. The van der Waals surface area contributed by atoms with Gasteiger partial charge in [-0.25, -0.2) is 0 Å². The van der Waals surface area contributed by atoms with Gasteiger partial charge in [-0.15, -0.1) is 0 Å². The summed E-state index contributed by atoms with van der Waals surface area (Å²) in [5.74, 6) is -0.0788. The molecule has 12 heavy (non-hydrogen) atoms. The second-order valence-electron chi connectivity index (χ2n) is 2.61. The van der Waals surface area contributed by atoms with Crippen molar-refractivity contribution in [1.29, 1.82) is 0 Å². The zero-order valence-electron chi connectivity index (χ0n) is 7.00. The number of hydrogen-bond acceptors (Lipinski definition) is 3. The average molecular weight is 163 g/mol. The van der Waals surface area contributed by atoms with Gasteiger partial charge in [-0.05, 0) is 18.6 Å². The van der Waals surface area contributed by atoms with Crippen molar-refractivity contribution in [2.45, 2.75) is 13.8 Å². The van der Waals surface area contributed by atoms with Crippen LogP contribution in [0.1, 0.15) is 33.3 Å². The number of nitrogens with zero attached hydrogens (tertiary/aromatic N) is 1. The van der Waals surface area contributed by atoms with Gasteiger partial charge in [-0.1, -0.05) is 0 Å². The van der Waals surface area contributed by atoms with E-state index in [2.05, 4.69) is 4.98 Å². The Kier molecular flexibility index (Phi) is 2.33. The number of pyridine rings is 1. The summed E-state index contributed by atoms with van der Waals surface area (Å²) in [5.41, 5.74) is 1.67. The highest BCUT2D eigenvalue weighted by Gasteiger charge is 2.05.